The summed E-state index contributed by atoms with van der Waals surface area (Å²) in [6, 6.07) is 8.16. The molecule has 0 radical (unpaired) electrons. The lowest BCUT2D eigenvalue weighted by Crippen LogP contribution is -2.41. The van der Waals surface area contributed by atoms with Crippen molar-refractivity contribution in [1.29, 1.82) is 0 Å². The van der Waals surface area contributed by atoms with Crippen molar-refractivity contribution in [2.24, 2.45) is 5.92 Å². The molecule has 0 amide bonds. The van der Waals surface area contributed by atoms with Crippen LogP contribution in [0.1, 0.15) is 39.2 Å². The van der Waals surface area contributed by atoms with Gasteiger partial charge in [-0.3, -0.25) is 15.1 Å². The zero-order chi connectivity index (χ0) is 24.2. The maximum Gasteiger partial charge on any atom is 0.293 e. The molecule has 1 aliphatic rings. The summed E-state index contributed by atoms with van der Waals surface area (Å²) in [5.41, 5.74) is 0.739. The van der Waals surface area contributed by atoms with Gasteiger partial charge in [0.05, 0.1) is 9.82 Å². The zero-order valence-corrected chi connectivity index (χ0v) is 20.5. The van der Waals surface area contributed by atoms with Crippen molar-refractivity contribution in [3.63, 3.8) is 0 Å². The summed E-state index contributed by atoms with van der Waals surface area (Å²) in [6.07, 6.45) is 5.58. The molecule has 33 heavy (non-hydrogen) atoms. The monoisotopic (exact) mass is 475 g/mol. The Kier molecular flexibility index (Phi) is 7.71. The molecule has 2 heterocycles. The Hall–Kier alpha value is -2.56. The quantitative estimate of drug-likeness (QED) is 0.460. The standard InChI is InChI=1S/C23H33N5O4S/c1-23(2,3)25-33(31,32)20-9-10-21(22(13-20)28(29)30)27-12-6-8-19(17-27)16-26(4)15-18-7-5-11-24-14-18/h5,7,9-11,13-14,19,25H,6,8,12,15-17H2,1-4H3. The average Bonchev–Trinajstić information content (AvgIpc) is 2.72. The maximum atomic E-state index is 12.7. The molecule has 180 valence electrons. The molecule has 1 aromatic carbocycles. The fourth-order valence-electron chi connectivity index (χ4n) is 4.29. The molecular formula is C23H33N5O4S. The SMILES string of the molecule is CN(Cc1cccnc1)CC1CCCN(c2ccc(S(=O)(=O)NC(C)(C)C)cc2[N+](=O)[O-])C1. The summed E-state index contributed by atoms with van der Waals surface area (Å²) < 4.78 is 27.9. The van der Waals surface area contributed by atoms with Gasteiger partial charge in [-0.25, -0.2) is 13.1 Å². The fourth-order valence-corrected chi connectivity index (χ4v) is 5.73. The Morgan fingerprint density at radius 3 is 2.70 bits per heavy atom. The second-order valence-electron chi connectivity index (χ2n) is 9.78. The molecular weight excluding hydrogens is 442 g/mol. The number of aromatic nitrogens is 1. The summed E-state index contributed by atoms with van der Waals surface area (Å²) in [7, 11) is -1.80. The summed E-state index contributed by atoms with van der Waals surface area (Å²) in [4.78, 5) is 19.7. The number of hydrogen-bond donors (Lipinski definition) is 1. The van der Waals surface area contributed by atoms with Crippen LogP contribution >= 0.6 is 0 Å². The number of rotatable bonds is 8. The molecule has 1 unspecified atom stereocenters. The Bertz CT molecular complexity index is 1070. The number of benzene rings is 1. The smallest absolute Gasteiger partial charge is 0.293 e. The van der Waals surface area contributed by atoms with E-state index in [1.807, 2.05) is 23.2 Å². The second-order valence-corrected chi connectivity index (χ2v) is 11.5. The summed E-state index contributed by atoms with van der Waals surface area (Å²) >= 11 is 0. The van der Waals surface area contributed by atoms with Crippen LogP contribution in [0.4, 0.5) is 11.4 Å². The van der Waals surface area contributed by atoms with Gasteiger partial charge in [0.1, 0.15) is 5.69 Å². The Morgan fingerprint density at radius 1 is 1.30 bits per heavy atom. The van der Waals surface area contributed by atoms with Crippen LogP contribution < -0.4 is 9.62 Å². The number of nitro benzene ring substituents is 1. The zero-order valence-electron chi connectivity index (χ0n) is 19.7. The van der Waals surface area contributed by atoms with Crippen LogP contribution in [-0.4, -0.2) is 55.4 Å². The van der Waals surface area contributed by atoms with Crippen LogP contribution in [0.25, 0.3) is 0 Å². The van der Waals surface area contributed by atoms with Gasteiger partial charge in [0, 0.05) is 50.2 Å². The highest BCUT2D eigenvalue weighted by Gasteiger charge is 2.29. The minimum absolute atomic E-state index is 0.0994. The normalized spacial score (nSPS) is 17.4. The molecule has 0 aliphatic carbocycles. The van der Waals surface area contributed by atoms with Gasteiger partial charge >= 0.3 is 0 Å². The lowest BCUT2D eigenvalue weighted by atomic mass is 9.96. The number of piperidine rings is 1. The van der Waals surface area contributed by atoms with E-state index in [9.17, 15) is 18.5 Å². The summed E-state index contributed by atoms with van der Waals surface area (Å²) in [5, 5.41) is 11.8. The fraction of sp³-hybridized carbons (Fsp3) is 0.522. The van der Waals surface area contributed by atoms with E-state index in [4.69, 9.17) is 0 Å². The molecule has 1 saturated heterocycles. The third-order valence-electron chi connectivity index (χ3n) is 5.50. The lowest BCUT2D eigenvalue weighted by Gasteiger charge is -2.36. The molecule has 0 bridgehead atoms. The van der Waals surface area contributed by atoms with Crippen molar-refractivity contribution in [3.05, 3.63) is 58.4 Å². The predicted molar refractivity (Wildman–Crippen MR) is 129 cm³/mol. The first-order valence-corrected chi connectivity index (χ1v) is 12.6. The van der Waals surface area contributed by atoms with Crippen molar-refractivity contribution in [1.82, 2.24) is 14.6 Å². The Labute approximate surface area is 196 Å². The van der Waals surface area contributed by atoms with Crippen LogP contribution in [0.5, 0.6) is 0 Å². The molecule has 1 atom stereocenters. The van der Waals surface area contributed by atoms with Crippen LogP contribution in [0, 0.1) is 16.0 Å². The molecule has 2 aromatic rings. The third-order valence-corrected chi connectivity index (χ3v) is 7.25. The summed E-state index contributed by atoms with van der Waals surface area (Å²) in [5.74, 6) is 0.353. The van der Waals surface area contributed by atoms with E-state index in [0.29, 0.717) is 24.7 Å². The molecule has 10 heteroatoms. The number of nitro groups is 1. The van der Waals surface area contributed by atoms with E-state index >= 15 is 0 Å². The van der Waals surface area contributed by atoms with Gasteiger partial charge < -0.3 is 9.80 Å². The van der Waals surface area contributed by atoms with Crippen LogP contribution in [0.3, 0.4) is 0 Å². The number of hydrogen-bond acceptors (Lipinski definition) is 7. The van der Waals surface area contributed by atoms with Gasteiger partial charge in [-0.2, -0.15) is 0 Å². The molecule has 0 spiro atoms. The van der Waals surface area contributed by atoms with E-state index in [0.717, 1.165) is 31.5 Å². The molecule has 1 N–H and O–H groups in total. The maximum absolute atomic E-state index is 12.7. The Morgan fingerprint density at radius 2 is 2.06 bits per heavy atom. The van der Waals surface area contributed by atoms with Crippen molar-refractivity contribution < 1.29 is 13.3 Å². The van der Waals surface area contributed by atoms with Gasteiger partial charge in [-0.05, 0) is 70.3 Å². The van der Waals surface area contributed by atoms with Gasteiger partial charge in [-0.1, -0.05) is 6.07 Å². The van der Waals surface area contributed by atoms with Crippen molar-refractivity contribution in [2.45, 2.75) is 50.6 Å². The number of anilines is 1. The minimum atomic E-state index is -3.86. The van der Waals surface area contributed by atoms with Crippen molar-refractivity contribution in [3.8, 4) is 0 Å². The minimum Gasteiger partial charge on any atom is -0.366 e. The van der Waals surface area contributed by atoms with E-state index in [-0.39, 0.29) is 10.6 Å². The molecule has 1 aromatic heterocycles. The average molecular weight is 476 g/mol. The van der Waals surface area contributed by atoms with Gasteiger partial charge in [0.25, 0.3) is 5.69 Å². The largest absolute Gasteiger partial charge is 0.366 e. The van der Waals surface area contributed by atoms with E-state index in [1.165, 1.54) is 12.1 Å². The van der Waals surface area contributed by atoms with Crippen LogP contribution in [0.15, 0.2) is 47.6 Å². The predicted octanol–water partition coefficient (Wildman–Crippen LogP) is 3.42. The van der Waals surface area contributed by atoms with Gasteiger partial charge in [-0.15, -0.1) is 0 Å². The molecule has 9 nitrogen and oxygen atoms in total. The third kappa shape index (κ3) is 6.96. The molecule has 1 aliphatic heterocycles. The number of sulfonamides is 1. The molecule has 3 rings (SSSR count). The number of pyridine rings is 1. The van der Waals surface area contributed by atoms with Gasteiger partial charge in [0.2, 0.25) is 10.0 Å². The van der Waals surface area contributed by atoms with Crippen LogP contribution in [-0.2, 0) is 16.6 Å². The number of nitrogens with zero attached hydrogens (tertiary/aromatic N) is 4. The van der Waals surface area contributed by atoms with Gasteiger partial charge in [0.15, 0.2) is 0 Å². The highest BCUT2D eigenvalue weighted by atomic mass is 32.2. The molecule has 1 fully saturated rings. The van der Waals surface area contributed by atoms with E-state index < -0.39 is 20.5 Å². The first-order valence-electron chi connectivity index (χ1n) is 11.1. The van der Waals surface area contributed by atoms with Crippen LogP contribution in [0.2, 0.25) is 0 Å². The lowest BCUT2D eigenvalue weighted by molar-refractivity contribution is -0.384. The second kappa shape index (κ2) is 10.1. The highest BCUT2D eigenvalue weighted by molar-refractivity contribution is 7.89. The summed E-state index contributed by atoms with van der Waals surface area (Å²) in [6.45, 7) is 8.23. The Balaban J connectivity index is 1.75. The van der Waals surface area contributed by atoms with E-state index in [1.54, 1.807) is 33.0 Å². The first-order chi connectivity index (χ1) is 15.4. The number of nitrogens with one attached hydrogen (secondary N) is 1. The molecule has 0 saturated carbocycles. The first kappa shape index (κ1) is 25.1. The van der Waals surface area contributed by atoms with Crippen molar-refractivity contribution in [2.75, 3.05) is 31.6 Å². The van der Waals surface area contributed by atoms with Crippen molar-refractivity contribution >= 4 is 21.4 Å². The topological polar surface area (TPSA) is 109 Å². The van der Waals surface area contributed by atoms with E-state index in [2.05, 4.69) is 21.7 Å². The highest BCUT2D eigenvalue weighted by Crippen LogP contribution is 2.34.